The first-order valence-corrected chi connectivity index (χ1v) is 3.77. The van der Waals surface area contributed by atoms with Gasteiger partial charge < -0.3 is 5.73 Å². The molecule has 0 radical (unpaired) electrons. The molecule has 2 rings (SSSR count). The van der Waals surface area contributed by atoms with E-state index in [0.717, 1.165) is 6.29 Å². The second-order valence-electron chi connectivity index (χ2n) is 2.62. The molecule has 0 unspecified atom stereocenters. The van der Waals surface area contributed by atoms with Crippen LogP contribution in [0, 0.1) is 0 Å². The lowest BCUT2D eigenvalue weighted by Gasteiger charge is -2.00. The van der Waals surface area contributed by atoms with Gasteiger partial charge in [0.1, 0.15) is 12.1 Å². The Morgan fingerprint density at radius 1 is 1.31 bits per heavy atom. The fraction of sp³-hybridized carbons (Fsp3) is 0. The summed E-state index contributed by atoms with van der Waals surface area (Å²) in [6, 6.07) is 5.24. The van der Waals surface area contributed by atoms with Gasteiger partial charge in [0, 0.05) is 10.9 Å². The van der Waals surface area contributed by atoms with E-state index in [9.17, 15) is 4.79 Å². The van der Waals surface area contributed by atoms with Crippen LogP contribution in [0.2, 0.25) is 0 Å². The van der Waals surface area contributed by atoms with Gasteiger partial charge in [-0.05, 0) is 12.1 Å². The third kappa shape index (κ3) is 1.12. The van der Waals surface area contributed by atoms with Crippen LogP contribution >= 0.6 is 0 Å². The van der Waals surface area contributed by atoms with Gasteiger partial charge >= 0.3 is 0 Å². The number of fused-ring (bicyclic) bond motifs is 1. The van der Waals surface area contributed by atoms with Gasteiger partial charge in [-0.1, -0.05) is 6.07 Å². The van der Waals surface area contributed by atoms with Crippen molar-refractivity contribution in [3.8, 4) is 0 Å². The van der Waals surface area contributed by atoms with Crippen LogP contribution in [0.5, 0.6) is 0 Å². The number of aromatic nitrogens is 2. The Bertz CT molecular complexity index is 467. The van der Waals surface area contributed by atoms with Crippen molar-refractivity contribution in [2.75, 3.05) is 5.73 Å². The minimum absolute atomic E-state index is 0.397. The molecule has 0 saturated heterocycles. The standard InChI is InChI=1S/C9H7N3O/c10-9-7-3-1-2-6(4-13)8(7)11-5-12-9/h1-5H,(H2,10,11,12). The zero-order valence-corrected chi connectivity index (χ0v) is 6.77. The number of nitrogen functional groups attached to an aromatic ring is 1. The maximum absolute atomic E-state index is 10.6. The fourth-order valence-corrected chi connectivity index (χ4v) is 1.23. The number of hydrogen-bond acceptors (Lipinski definition) is 4. The number of hydrogen-bond donors (Lipinski definition) is 1. The van der Waals surface area contributed by atoms with Crippen LogP contribution in [-0.4, -0.2) is 16.3 Å². The molecule has 0 aliphatic carbocycles. The van der Waals surface area contributed by atoms with Crippen LogP contribution in [0.3, 0.4) is 0 Å². The maximum atomic E-state index is 10.6. The molecule has 4 nitrogen and oxygen atoms in total. The predicted octanol–water partition coefficient (Wildman–Crippen LogP) is 1.02. The van der Waals surface area contributed by atoms with E-state index in [1.165, 1.54) is 6.33 Å². The number of benzene rings is 1. The number of carbonyl (C=O) groups excluding carboxylic acids is 1. The van der Waals surface area contributed by atoms with Gasteiger partial charge in [0.15, 0.2) is 6.29 Å². The van der Waals surface area contributed by atoms with Crippen molar-refractivity contribution in [3.63, 3.8) is 0 Å². The van der Waals surface area contributed by atoms with Crippen molar-refractivity contribution in [1.82, 2.24) is 9.97 Å². The summed E-state index contributed by atoms with van der Waals surface area (Å²) in [5.74, 6) is 0.397. The number of para-hydroxylation sites is 1. The highest BCUT2D eigenvalue weighted by Crippen LogP contribution is 2.18. The van der Waals surface area contributed by atoms with Crippen molar-refractivity contribution >= 4 is 23.0 Å². The highest BCUT2D eigenvalue weighted by atomic mass is 16.1. The Morgan fingerprint density at radius 2 is 2.15 bits per heavy atom. The van der Waals surface area contributed by atoms with Crippen LogP contribution < -0.4 is 5.73 Å². The monoisotopic (exact) mass is 173 g/mol. The first-order chi connectivity index (χ1) is 6.33. The van der Waals surface area contributed by atoms with E-state index in [4.69, 9.17) is 5.73 Å². The highest BCUT2D eigenvalue weighted by Gasteiger charge is 2.03. The molecule has 0 fully saturated rings. The average molecular weight is 173 g/mol. The topological polar surface area (TPSA) is 68.9 Å². The summed E-state index contributed by atoms with van der Waals surface area (Å²) in [5, 5.41) is 0.715. The summed E-state index contributed by atoms with van der Waals surface area (Å²) in [6.45, 7) is 0. The summed E-state index contributed by atoms with van der Waals surface area (Å²) < 4.78 is 0. The second-order valence-corrected chi connectivity index (χ2v) is 2.62. The molecule has 0 aliphatic heterocycles. The third-order valence-electron chi connectivity index (χ3n) is 1.85. The van der Waals surface area contributed by atoms with E-state index < -0.39 is 0 Å². The van der Waals surface area contributed by atoms with Gasteiger partial charge in [-0.3, -0.25) is 4.79 Å². The molecule has 4 heteroatoms. The van der Waals surface area contributed by atoms with Crippen molar-refractivity contribution in [2.24, 2.45) is 0 Å². The Kier molecular flexibility index (Phi) is 1.66. The summed E-state index contributed by atoms with van der Waals surface area (Å²) >= 11 is 0. The lowest BCUT2D eigenvalue weighted by Crippen LogP contribution is -1.95. The van der Waals surface area contributed by atoms with Crippen LogP contribution in [0.1, 0.15) is 10.4 Å². The molecule has 0 bridgehead atoms. The molecule has 1 heterocycles. The molecule has 2 N–H and O–H groups in total. The Balaban J connectivity index is 2.92. The molecular weight excluding hydrogens is 166 g/mol. The van der Waals surface area contributed by atoms with Crippen LogP contribution in [0.25, 0.3) is 10.9 Å². The van der Waals surface area contributed by atoms with E-state index in [2.05, 4.69) is 9.97 Å². The van der Waals surface area contributed by atoms with E-state index in [0.29, 0.717) is 22.3 Å². The second kappa shape index (κ2) is 2.82. The quantitative estimate of drug-likeness (QED) is 0.654. The van der Waals surface area contributed by atoms with Gasteiger partial charge in [-0.2, -0.15) is 0 Å². The molecule has 64 valence electrons. The molecule has 1 aromatic heterocycles. The van der Waals surface area contributed by atoms with Gasteiger partial charge in [0.2, 0.25) is 0 Å². The molecule has 0 amide bonds. The van der Waals surface area contributed by atoms with Crippen molar-refractivity contribution in [2.45, 2.75) is 0 Å². The zero-order chi connectivity index (χ0) is 9.26. The predicted molar refractivity (Wildman–Crippen MR) is 49.3 cm³/mol. The van der Waals surface area contributed by atoms with E-state index in [1.54, 1.807) is 18.2 Å². The molecular formula is C9H7N3O. The van der Waals surface area contributed by atoms with Gasteiger partial charge in [-0.25, -0.2) is 9.97 Å². The number of nitrogens with two attached hydrogens (primary N) is 1. The highest BCUT2D eigenvalue weighted by molar-refractivity contribution is 5.99. The minimum Gasteiger partial charge on any atom is -0.383 e. The van der Waals surface area contributed by atoms with Crippen molar-refractivity contribution in [1.29, 1.82) is 0 Å². The van der Waals surface area contributed by atoms with Crippen LogP contribution in [0.15, 0.2) is 24.5 Å². The van der Waals surface area contributed by atoms with Crippen molar-refractivity contribution < 1.29 is 4.79 Å². The molecule has 0 atom stereocenters. The summed E-state index contributed by atoms with van der Waals surface area (Å²) in [7, 11) is 0. The average Bonchev–Trinajstić information content (AvgIpc) is 2.18. The lowest BCUT2D eigenvalue weighted by molar-refractivity contribution is 0.112. The molecule has 1 aromatic carbocycles. The minimum atomic E-state index is 0.397. The number of aldehydes is 1. The van der Waals surface area contributed by atoms with Crippen molar-refractivity contribution in [3.05, 3.63) is 30.1 Å². The number of carbonyl (C=O) groups is 1. The molecule has 2 aromatic rings. The molecule has 0 spiro atoms. The van der Waals surface area contributed by atoms with E-state index >= 15 is 0 Å². The Morgan fingerprint density at radius 3 is 2.92 bits per heavy atom. The van der Waals surface area contributed by atoms with E-state index in [1.807, 2.05) is 0 Å². The summed E-state index contributed by atoms with van der Waals surface area (Å²) in [6.07, 6.45) is 2.11. The Hall–Kier alpha value is -1.97. The summed E-state index contributed by atoms with van der Waals surface area (Å²) in [4.78, 5) is 18.5. The molecule has 0 saturated carbocycles. The first-order valence-electron chi connectivity index (χ1n) is 3.77. The smallest absolute Gasteiger partial charge is 0.152 e. The fourth-order valence-electron chi connectivity index (χ4n) is 1.23. The largest absolute Gasteiger partial charge is 0.383 e. The van der Waals surface area contributed by atoms with Gasteiger partial charge in [-0.15, -0.1) is 0 Å². The van der Waals surface area contributed by atoms with E-state index in [-0.39, 0.29) is 0 Å². The van der Waals surface area contributed by atoms with Gasteiger partial charge in [0.05, 0.1) is 5.52 Å². The van der Waals surface area contributed by atoms with Crippen LogP contribution in [0.4, 0.5) is 5.82 Å². The SMILES string of the molecule is Nc1ncnc2c(C=O)cccc12. The maximum Gasteiger partial charge on any atom is 0.152 e. The van der Waals surface area contributed by atoms with Gasteiger partial charge in [0.25, 0.3) is 0 Å². The normalized spacial score (nSPS) is 10.2. The number of nitrogens with zero attached hydrogens (tertiary/aromatic N) is 2. The molecule has 13 heavy (non-hydrogen) atoms. The third-order valence-corrected chi connectivity index (χ3v) is 1.85. The lowest BCUT2D eigenvalue weighted by atomic mass is 10.1. The zero-order valence-electron chi connectivity index (χ0n) is 6.77. The van der Waals surface area contributed by atoms with Crippen LogP contribution in [-0.2, 0) is 0 Å². The number of anilines is 1. The Labute approximate surface area is 74.4 Å². The first kappa shape index (κ1) is 7.67. The number of rotatable bonds is 1. The summed E-state index contributed by atoms with van der Waals surface area (Å²) in [5.41, 5.74) is 6.75. The molecule has 0 aliphatic rings.